The normalized spacial score (nSPS) is 14.8. The first-order valence-electron chi connectivity index (χ1n) is 9.50. The molecule has 0 saturated carbocycles. The SMILES string of the molecule is CC/C=C\C1=C2Cc3ccc(-c4ccccc4)cc3N2c2ccccc2O1. The standard InChI is InChI=1S/C25H21NO/c1-2-3-12-25-23-17-20-15-14-19(18-9-5-4-6-10-18)16-22(20)26(23)21-11-7-8-13-24(21)27-25/h3-16H,2,17H2,1H3/b12-3-. The zero-order chi connectivity index (χ0) is 18.2. The average molecular weight is 351 g/mol. The first kappa shape index (κ1) is 16.0. The maximum Gasteiger partial charge on any atom is 0.151 e. The molecule has 3 aromatic rings. The lowest BCUT2D eigenvalue weighted by atomic mass is 10.0. The minimum absolute atomic E-state index is 0.891. The van der Waals surface area contributed by atoms with Crippen LogP contribution in [-0.4, -0.2) is 0 Å². The van der Waals surface area contributed by atoms with Gasteiger partial charge in [0.1, 0.15) is 5.76 Å². The van der Waals surface area contributed by atoms with Crippen molar-refractivity contribution in [3.05, 3.63) is 102 Å². The van der Waals surface area contributed by atoms with Crippen molar-refractivity contribution in [3.8, 4) is 16.9 Å². The van der Waals surface area contributed by atoms with Crippen LogP contribution in [0, 0.1) is 0 Å². The summed E-state index contributed by atoms with van der Waals surface area (Å²) in [6.45, 7) is 2.14. The molecule has 2 heterocycles. The van der Waals surface area contributed by atoms with Crippen LogP contribution in [0.4, 0.5) is 11.4 Å². The van der Waals surface area contributed by atoms with Gasteiger partial charge in [-0.1, -0.05) is 67.6 Å². The molecule has 0 atom stereocenters. The second-order valence-corrected chi connectivity index (χ2v) is 6.91. The Morgan fingerprint density at radius 2 is 1.70 bits per heavy atom. The van der Waals surface area contributed by atoms with Crippen LogP contribution < -0.4 is 9.64 Å². The maximum atomic E-state index is 6.25. The molecule has 0 bridgehead atoms. The van der Waals surface area contributed by atoms with Crippen molar-refractivity contribution in [2.75, 3.05) is 4.90 Å². The number of benzene rings is 3. The van der Waals surface area contributed by atoms with Gasteiger partial charge in [0.15, 0.2) is 5.75 Å². The van der Waals surface area contributed by atoms with E-state index in [9.17, 15) is 0 Å². The molecule has 2 nitrogen and oxygen atoms in total. The molecule has 0 unspecified atom stereocenters. The Kier molecular flexibility index (Phi) is 3.83. The van der Waals surface area contributed by atoms with Crippen LogP contribution in [0.5, 0.6) is 5.75 Å². The minimum Gasteiger partial charge on any atom is -0.453 e. The predicted octanol–water partition coefficient (Wildman–Crippen LogP) is 6.62. The Morgan fingerprint density at radius 3 is 2.56 bits per heavy atom. The zero-order valence-electron chi connectivity index (χ0n) is 15.4. The van der Waals surface area contributed by atoms with E-state index in [0.717, 1.165) is 30.0 Å². The summed E-state index contributed by atoms with van der Waals surface area (Å²) in [5.41, 5.74) is 7.41. The van der Waals surface area contributed by atoms with Crippen molar-refractivity contribution >= 4 is 11.4 Å². The third kappa shape index (κ3) is 2.65. The molecule has 0 radical (unpaired) electrons. The molecule has 0 N–H and O–H groups in total. The fraction of sp³-hybridized carbons (Fsp3) is 0.120. The van der Waals surface area contributed by atoms with Gasteiger partial charge in [0.2, 0.25) is 0 Å². The highest BCUT2D eigenvalue weighted by Crippen LogP contribution is 2.49. The van der Waals surface area contributed by atoms with Gasteiger partial charge in [0.25, 0.3) is 0 Å². The van der Waals surface area contributed by atoms with Gasteiger partial charge < -0.3 is 9.64 Å². The molecule has 0 saturated heterocycles. The summed E-state index contributed by atoms with van der Waals surface area (Å²) >= 11 is 0. The molecule has 0 fully saturated rings. The summed E-state index contributed by atoms with van der Waals surface area (Å²) in [7, 11) is 0. The first-order chi connectivity index (χ1) is 13.3. The molecule has 132 valence electrons. The number of para-hydroxylation sites is 2. The first-order valence-corrected chi connectivity index (χ1v) is 9.50. The molecule has 0 aromatic heterocycles. The molecule has 0 amide bonds. The van der Waals surface area contributed by atoms with E-state index in [0.29, 0.717) is 0 Å². The number of ether oxygens (including phenoxy) is 1. The van der Waals surface area contributed by atoms with E-state index in [1.54, 1.807) is 0 Å². The van der Waals surface area contributed by atoms with Crippen molar-refractivity contribution in [3.63, 3.8) is 0 Å². The molecule has 2 aliphatic heterocycles. The van der Waals surface area contributed by atoms with E-state index in [2.05, 4.69) is 84.6 Å². The summed E-state index contributed by atoms with van der Waals surface area (Å²) in [4.78, 5) is 2.37. The van der Waals surface area contributed by atoms with Crippen LogP contribution in [0.15, 0.2) is 96.4 Å². The predicted molar refractivity (Wildman–Crippen MR) is 111 cm³/mol. The van der Waals surface area contributed by atoms with Gasteiger partial charge in [-0.2, -0.15) is 0 Å². The molecule has 3 aromatic carbocycles. The van der Waals surface area contributed by atoms with Crippen LogP contribution in [0.25, 0.3) is 11.1 Å². The summed E-state index contributed by atoms with van der Waals surface area (Å²) in [5.74, 6) is 1.86. The Labute approximate surface area is 160 Å². The van der Waals surface area contributed by atoms with Crippen LogP contribution in [0.1, 0.15) is 18.9 Å². The molecule has 2 aliphatic rings. The topological polar surface area (TPSA) is 12.5 Å². The third-order valence-electron chi connectivity index (χ3n) is 5.18. The molecular weight excluding hydrogens is 330 g/mol. The molecule has 27 heavy (non-hydrogen) atoms. The number of fused-ring (bicyclic) bond motifs is 5. The fourth-order valence-corrected chi connectivity index (χ4v) is 3.87. The van der Waals surface area contributed by atoms with Gasteiger partial charge >= 0.3 is 0 Å². The maximum absolute atomic E-state index is 6.25. The second-order valence-electron chi connectivity index (χ2n) is 6.91. The fourth-order valence-electron chi connectivity index (χ4n) is 3.87. The van der Waals surface area contributed by atoms with E-state index in [-0.39, 0.29) is 0 Å². The summed E-state index contributed by atoms with van der Waals surface area (Å²) in [5, 5.41) is 0. The zero-order valence-corrected chi connectivity index (χ0v) is 15.4. The highest BCUT2D eigenvalue weighted by atomic mass is 16.5. The Balaban J connectivity index is 1.68. The van der Waals surface area contributed by atoms with E-state index < -0.39 is 0 Å². The highest BCUT2D eigenvalue weighted by molar-refractivity contribution is 5.84. The smallest absolute Gasteiger partial charge is 0.151 e. The van der Waals surface area contributed by atoms with E-state index in [4.69, 9.17) is 4.74 Å². The van der Waals surface area contributed by atoms with Crippen molar-refractivity contribution in [1.82, 2.24) is 0 Å². The highest BCUT2D eigenvalue weighted by Gasteiger charge is 2.33. The number of rotatable bonds is 3. The van der Waals surface area contributed by atoms with Crippen molar-refractivity contribution in [2.24, 2.45) is 0 Å². The van der Waals surface area contributed by atoms with Crippen molar-refractivity contribution < 1.29 is 4.74 Å². The number of anilines is 2. The Hall–Kier alpha value is -3.26. The largest absolute Gasteiger partial charge is 0.453 e. The third-order valence-corrected chi connectivity index (χ3v) is 5.18. The van der Waals surface area contributed by atoms with Gasteiger partial charge in [-0.05, 0) is 47.4 Å². The molecule has 0 aliphatic carbocycles. The van der Waals surface area contributed by atoms with Gasteiger partial charge in [-0.25, -0.2) is 0 Å². The van der Waals surface area contributed by atoms with Gasteiger partial charge in [0.05, 0.1) is 17.1 Å². The Morgan fingerprint density at radius 1 is 0.889 bits per heavy atom. The summed E-state index contributed by atoms with van der Waals surface area (Å²) in [6, 6.07) is 25.6. The van der Waals surface area contributed by atoms with E-state index >= 15 is 0 Å². The number of hydrogen-bond donors (Lipinski definition) is 0. The number of nitrogens with zero attached hydrogens (tertiary/aromatic N) is 1. The second kappa shape index (κ2) is 6.48. The monoisotopic (exact) mass is 351 g/mol. The van der Waals surface area contributed by atoms with Crippen molar-refractivity contribution in [2.45, 2.75) is 19.8 Å². The summed E-state index contributed by atoms with van der Waals surface area (Å²) < 4.78 is 6.25. The summed E-state index contributed by atoms with van der Waals surface area (Å²) in [6.07, 6.45) is 6.16. The average Bonchev–Trinajstić information content (AvgIpc) is 3.12. The molecule has 2 heteroatoms. The van der Waals surface area contributed by atoms with Gasteiger partial charge in [-0.15, -0.1) is 0 Å². The number of hydrogen-bond acceptors (Lipinski definition) is 2. The minimum atomic E-state index is 0.891. The van der Waals surface area contributed by atoms with Crippen LogP contribution in [-0.2, 0) is 6.42 Å². The Bertz CT molecular complexity index is 1060. The quantitative estimate of drug-likeness (QED) is 0.526. The van der Waals surface area contributed by atoms with Crippen LogP contribution in [0.3, 0.4) is 0 Å². The lowest BCUT2D eigenvalue weighted by Gasteiger charge is -2.30. The van der Waals surface area contributed by atoms with Gasteiger partial charge in [0, 0.05) is 6.42 Å². The van der Waals surface area contributed by atoms with Crippen LogP contribution >= 0.6 is 0 Å². The molecule has 5 rings (SSSR count). The van der Waals surface area contributed by atoms with E-state index in [1.165, 1.54) is 28.1 Å². The lowest BCUT2D eigenvalue weighted by Crippen LogP contribution is -2.20. The molecular formula is C25H21NO. The van der Waals surface area contributed by atoms with E-state index in [1.807, 2.05) is 12.1 Å². The molecule has 0 spiro atoms. The lowest BCUT2D eigenvalue weighted by molar-refractivity contribution is 0.427. The number of allylic oxidation sites excluding steroid dienone is 3. The van der Waals surface area contributed by atoms with Crippen molar-refractivity contribution in [1.29, 1.82) is 0 Å². The van der Waals surface area contributed by atoms with Gasteiger partial charge in [-0.3, -0.25) is 0 Å². The van der Waals surface area contributed by atoms with Crippen LogP contribution in [0.2, 0.25) is 0 Å².